The zero-order valence-electron chi connectivity index (χ0n) is 14.9. The fraction of sp³-hybridized carbons (Fsp3) is 0.611. The number of hydrogen-bond acceptors (Lipinski definition) is 5. The second-order valence-electron chi connectivity index (χ2n) is 6.60. The number of carbonyl (C=O) groups is 1. The second-order valence-corrected chi connectivity index (χ2v) is 8.54. The smallest absolute Gasteiger partial charge is 0.248 e. The number of ether oxygens (including phenoxy) is 2. The third-order valence-electron chi connectivity index (χ3n) is 4.78. The van der Waals surface area contributed by atoms with Gasteiger partial charge in [-0.15, -0.1) is 0 Å². The van der Waals surface area contributed by atoms with Crippen LogP contribution in [0.2, 0.25) is 0 Å². The van der Waals surface area contributed by atoms with Crippen LogP contribution in [0.25, 0.3) is 0 Å². The van der Waals surface area contributed by atoms with Crippen molar-refractivity contribution in [1.29, 1.82) is 0 Å². The van der Waals surface area contributed by atoms with E-state index in [0.29, 0.717) is 32.8 Å². The average molecular weight is 382 g/mol. The molecule has 1 aromatic rings. The molecule has 7 nitrogen and oxygen atoms in total. The van der Waals surface area contributed by atoms with E-state index in [0.717, 1.165) is 25.9 Å². The number of hydrogen-bond donors (Lipinski definition) is 0. The molecule has 2 aliphatic rings. The number of benzene rings is 1. The molecule has 0 saturated carbocycles. The van der Waals surface area contributed by atoms with Crippen molar-refractivity contribution in [2.45, 2.75) is 30.3 Å². The van der Waals surface area contributed by atoms with Crippen molar-refractivity contribution in [2.75, 3.05) is 46.0 Å². The second kappa shape index (κ2) is 8.94. The van der Waals surface area contributed by atoms with E-state index in [1.54, 1.807) is 35.2 Å². The Bertz CT molecular complexity index is 681. The SMILES string of the molecule is O=C(COC[C@@H]1CCCCO1)N1CCN(S(=O)(=O)c2ccccc2)CC1. The minimum atomic E-state index is -3.50. The normalized spacial score (nSPS) is 22.3. The molecular formula is C18H26N2O5S. The highest BCUT2D eigenvalue weighted by Crippen LogP contribution is 2.17. The first-order valence-electron chi connectivity index (χ1n) is 9.10. The molecule has 0 radical (unpaired) electrons. The maximum absolute atomic E-state index is 12.6. The van der Waals surface area contributed by atoms with E-state index in [-0.39, 0.29) is 23.5 Å². The fourth-order valence-corrected chi connectivity index (χ4v) is 4.67. The number of amides is 1. The van der Waals surface area contributed by atoms with Gasteiger partial charge in [0.2, 0.25) is 15.9 Å². The lowest BCUT2D eigenvalue weighted by molar-refractivity contribution is -0.139. The molecule has 2 saturated heterocycles. The van der Waals surface area contributed by atoms with Crippen LogP contribution in [0.4, 0.5) is 0 Å². The molecule has 1 aromatic carbocycles. The number of carbonyl (C=O) groups excluding carboxylic acids is 1. The molecule has 8 heteroatoms. The molecule has 2 aliphatic heterocycles. The Hall–Kier alpha value is -1.48. The summed E-state index contributed by atoms with van der Waals surface area (Å²) in [5.74, 6) is -0.0995. The summed E-state index contributed by atoms with van der Waals surface area (Å²) in [5, 5.41) is 0. The van der Waals surface area contributed by atoms with Gasteiger partial charge in [0.15, 0.2) is 0 Å². The molecule has 26 heavy (non-hydrogen) atoms. The monoisotopic (exact) mass is 382 g/mol. The average Bonchev–Trinajstić information content (AvgIpc) is 2.69. The minimum Gasteiger partial charge on any atom is -0.376 e. The Morgan fingerprint density at radius 1 is 1.12 bits per heavy atom. The summed E-state index contributed by atoms with van der Waals surface area (Å²) < 4.78 is 37.7. The van der Waals surface area contributed by atoms with E-state index in [2.05, 4.69) is 0 Å². The van der Waals surface area contributed by atoms with E-state index >= 15 is 0 Å². The van der Waals surface area contributed by atoms with Crippen LogP contribution in [-0.2, 0) is 24.3 Å². The minimum absolute atomic E-state index is 0.0191. The van der Waals surface area contributed by atoms with Gasteiger partial charge in [-0.1, -0.05) is 18.2 Å². The van der Waals surface area contributed by atoms with E-state index in [1.165, 1.54) is 4.31 Å². The van der Waals surface area contributed by atoms with Crippen LogP contribution in [0.5, 0.6) is 0 Å². The Balaban J connectivity index is 1.43. The maximum Gasteiger partial charge on any atom is 0.248 e. The number of sulfonamides is 1. The first-order valence-corrected chi connectivity index (χ1v) is 10.5. The Labute approximate surface area is 154 Å². The number of piperazine rings is 1. The Morgan fingerprint density at radius 3 is 2.50 bits per heavy atom. The van der Waals surface area contributed by atoms with Gasteiger partial charge in [0.05, 0.1) is 17.6 Å². The summed E-state index contributed by atoms with van der Waals surface area (Å²) in [6.07, 6.45) is 3.29. The predicted molar refractivity (Wildman–Crippen MR) is 96.2 cm³/mol. The van der Waals surface area contributed by atoms with Crippen LogP contribution >= 0.6 is 0 Å². The largest absolute Gasteiger partial charge is 0.376 e. The molecule has 3 rings (SSSR count). The molecule has 0 unspecified atom stereocenters. The number of nitrogens with zero attached hydrogens (tertiary/aromatic N) is 2. The lowest BCUT2D eigenvalue weighted by atomic mass is 10.1. The lowest BCUT2D eigenvalue weighted by Crippen LogP contribution is -2.51. The molecule has 0 aliphatic carbocycles. The standard InChI is InChI=1S/C18H26N2O5S/c21-18(15-24-14-16-6-4-5-13-25-16)19-9-11-20(12-10-19)26(22,23)17-7-2-1-3-8-17/h1-3,7-8,16H,4-6,9-15H2/t16-/m0/s1. The number of rotatable bonds is 6. The van der Waals surface area contributed by atoms with E-state index in [4.69, 9.17) is 9.47 Å². The van der Waals surface area contributed by atoms with Gasteiger partial charge in [-0.05, 0) is 31.4 Å². The molecule has 0 N–H and O–H groups in total. The summed E-state index contributed by atoms with van der Waals surface area (Å²) in [6.45, 7) is 2.59. The van der Waals surface area contributed by atoms with Gasteiger partial charge < -0.3 is 14.4 Å². The van der Waals surface area contributed by atoms with Crippen molar-refractivity contribution >= 4 is 15.9 Å². The molecule has 0 bridgehead atoms. The van der Waals surface area contributed by atoms with Crippen LogP contribution in [0.3, 0.4) is 0 Å². The van der Waals surface area contributed by atoms with Crippen molar-refractivity contribution in [1.82, 2.24) is 9.21 Å². The van der Waals surface area contributed by atoms with Crippen LogP contribution in [0, 0.1) is 0 Å². The first-order chi connectivity index (χ1) is 12.6. The van der Waals surface area contributed by atoms with E-state index in [9.17, 15) is 13.2 Å². The van der Waals surface area contributed by atoms with Gasteiger partial charge in [0.25, 0.3) is 0 Å². The van der Waals surface area contributed by atoms with Gasteiger partial charge in [0.1, 0.15) is 6.61 Å². The summed E-state index contributed by atoms with van der Waals surface area (Å²) in [7, 11) is -3.50. The van der Waals surface area contributed by atoms with Crippen molar-refractivity contribution in [3.63, 3.8) is 0 Å². The molecular weight excluding hydrogens is 356 g/mol. The van der Waals surface area contributed by atoms with Crippen molar-refractivity contribution in [3.8, 4) is 0 Å². The molecule has 2 heterocycles. The predicted octanol–water partition coefficient (Wildman–Crippen LogP) is 1.11. The van der Waals surface area contributed by atoms with Gasteiger partial charge >= 0.3 is 0 Å². The van der Waals surface area contributed by atoms with Gasteiger partial charge in [-0.3, -0.25) is 4.79 Å². The zero-order chi connectivity index (χ0) is 18.4. The van der Waals surface area contributed by atoms with Crippen LogP contribution in [0.15, 0.2) is 35.2 Å². The van der Waals surface area contributed by atoms with E-state index in [1.807, 2.05) is 0 Å². The third kappa shape index (κ3) is 4.82. The highest BCUT2D eigenvalue weighted by Gasteiger charge is 2.30. The molecule has 1 amide bonds. The highest BCUT2D eigenvalue weighted by atomic mass is 32.2. The molecule has 0 spiro atoms. The summed E-state index contributed by atoms with van der Waals surface area (Å²) >= 11 is 0. The van der Waals surface area contributed by atoms with Crippen molar-refractivity contribution < 1.29 is 22.7 Å². The zero-order valence-corrected chi connectivity index (χ0v) is 15.7. The summed E-state index contributed by atoms with van der Waals surface area (Å²) in [4.78, 5) is 14.2. The van der Waals surface area contributed by atoms with E-state index < -0.39 is 10.0 Å². The van der Waals surface area contributed by atoms with Crippen molar-refractivity contribution in [3.05, 3.63) is 30.3 Å². The molecule has 0 aromatic heterocycles. The fourth-order valence-electron chi connectivity index (χ4n) is 3.23. The lowest BCUT2D eigenvalue weighted by Gasteiger charge is -2.34. The Kier molecular flexibility index (Phi) is 6.63. The summed E-state index contributed by atoms with van der Waals surface area (Å²) in [6, 6.07) is 8.39. The van der Waals surface area contributed by atoms with Gasteiger partial charge in [-0.2, -0.15) is 4.31 Å². The highest BCUT2D eigenvalue weighted by molar-refractivity contribution is 7.89. The molecule has 144 valence electrons. The van der Waals surface area contributed by atoms with Crippen LogP contribution in [0.1, 0.15) is 19.3 Å². The van der Waals surface area contributed by atoms with Crippen molar-refractivity contribution in [2.24, 2.45) is 0 Å². The molecule has 2 fully saturated rings. The topological polar surface area (TPSA) is 76.2 Å². The third-order valence-corrected chi connectivity index (χ3v) is 6.69. The quantitative estimate of drug-likeness (QED) is 0.737. The van der Waals surface area contributed by atoms with Gasteiger partial charge in [-0.25, -0.2) is 8.42 Å². The maximum atomic E-state index is 12.6. The van der Waals surface area contributed by atoms with Gasteiger partial charge in [0, 0.05) is 32.8 Å². The first kappa shape index (κ1) is 19.3. The molecule has 1 atom stereocenters. The van der Waals surface area contributed by atoms with Crippen LogP contribution < -0.4 is 0 Å². The Morgan fingerprint density at radius 2 is 1.85 bits per heavy atom. The van der Waals surface area contributed by atoms with Crippen LogP contribution in [-0.4, -0.2) is 75.6 Å². The summed E-state index contributed by atoms with van der Waals surface area (Å²) in [5.41, 5.74) is 0.